The molecule has 2 aliphatic heterocycles. The summed E-state index contributed by atoms with van der Waals surface area (Å²) in [5.74, 6) is 3.68. The van der Waals surface area contributed by atoms with Crippen LogP contribution in [0.2, 0.25) is 0 Å². The second kappa shape index (κ2) is 15.2. The molecule has 3 aliphatic rings. The molecule has 6 nitrogen and oxygen atoms in total. The Bertz CT molecular complexity index is 1520. The third-order valence-electron chi connectivity index (χ3n) is 8.25. The first kappa shape index (κ1) is 33.4. The van der Waals surface area contributed by atoms with Crippen molar-refractivity contribution in [3.05, 3.63) is 107 Å². The molecule has 0 aromatic heterocycles. The van der Waals surface area contributed by atoms with Gasteiger partial charge in [0.05, 0.1) is 26.4 Å². The summed E-state index contributed by atoms with van der Waals surface area (Å²) in [7, 11) is 0. The SMILES string of the molecule is Ic1cc2c3c(c1)Cc1cc(I)cc4c1OCCOCCOc1c(cc(I)cc1Cc1cc(I)cc(c1OCCOCCO3)C2)C4. The topological polar surface area (TPSA) is 55.4 Å². The molecule has 0 atom stereocenters. The van der Waals surface area contributed by atoms with Crippen LogP contribution in [0.4, 0.5) is 0 Å². The average molecular weight is 1070 g/mol. The smallest absolute Gasteiger partial charge is 0.126 e. The molecule has 2 heterocycles. The van der Waals surface area contributed by atoms with Crippen molar-refractivity contribution in [2.24, 2.45) is 0 Å². The van der Waals surface area contributed by atoms with Crippen molar-refractivity contribution in [3.8, 4) is 23.0 Å². The van der Waals surface area contributed by atoms with Crippen molar-refractivity contribution in [1.82, 2.24) is 0 Å². The highest BCUT2D eigenvalue weighted by Crippen LogP contribution is 2.41. The lowest BCUT2D eigenvalue weighted by Crippen LogP contribution is -2.18. The van der Waals surface area contributed by atoms with Crippen LogP contribution in [0.25, 0.3) is 0 Å². The van der Waals surface area contributed by atoms with E-state index in [-0.39, 0.29) is 0 Å². The van der Waals surface area contributed by atoms with E-state index in [0.29, 0.717) is 78.5 Å². The predicted octanol–water partition coefficient (Wildman–Crippen LogP) is 8.36. The first-order valence-electron chi connectivity index (χ1n) is 15.3. The first-order valence-corrected chi connectivity index (χ1v) is 19.6. The van der Waals surface area contributed by atoms with Crippen LogP contribution in [0, 0.1) is 14.3 Å². The fourth-order valence-corrected chi connectivity index (χ4v) is 9.48. The van der Waals surface area contributed by atoms with E-state index in [0.717, 1.165) is 67.5 Å². The van der Waals surface area contributed by atoms with Gasteiger partial charge < -0.3 is 28.4 Å². The molecule has 46 heavy (non-hydrogen) atoms. The maximum atomic E-state index is 6.61. The number of ether oxygens (including phenoxy) is 6. The van der Waals surface area contributed by atoms with Crippen LogP contribution in [0.1, 0.15) is 44.5 Å². The molecular weight excluding hydrogens is 1040 g/mol. The van der Waals surface area contributed by atoms with Crippen molar-refractivity contribution < 1.29 is 28.4 Å². The van der Waals surface area contributed by atoms with Gasteiger partial charge in [-0.25, -0.2) is 0 Å². The largest absolute Gasteiger partial charge is 0.491 e. The van der Waals surface area contributed by atoms with Gasteiger partial charge in [0.25, 0.3) is 0 Å². The Balaban J connectivity index is 1.53. The van der Waals surface area contributed by atoms with Crippen molar-refractivity contribution in [2.45, 2.75) is 25.7 Å². The fourth-order valence-electron chi connectivity index (χ4n) is 6.48. The lowest BCUT2D eigenvalue weighted by Gasteiger charge is -2.24. The van der Waals surface area contributed by atoms with E-state index in [1.807, 2.05) is 0 Å². The molecule has 7 rings (SSSR count). The van der Waals surface area contributed by atoms with Crippen molar-refractivity contribution in [3.63, 3.8) is 0 Å². The van der Waals surface area contributed by atoms with Gasteiger partial charge >= 0.3 is 0 Å². The second-order valence-electron chi connectivity index (χ2n) is 11.5. The molecule has 1 aliphatic carbocycles. The van der Waals surface area contributed by atoms with E-state index in [4.69, 9.17) is 28.4 Å². The van der Waals surface area contributed by atoms with Crippen LogP contribution in [-0.2, 0) is 35.2 Å². The van der Waals surface area contributed by atoms with Gasteiger partial charge in [-0.05, 0) is 183 Å². The van der Waals surface area contributed by atoms with Gasteiger partial charge in [0.1, 0.15) is 49.4 Å². The molecule has 0 radical (unpaired) electrons. The van der Waals surface area contributed by atoms with Crippen molar-refractivity contribution >= 4 is 90.4 Å². The Morgan fingerprint density at radius 2 is 0.500 bits per heavy atom. The number of benzene rings is 4. The zero-order valence-corrected chi connectivity index (χ0v) is 33.7. The van der Waals surface area contributed by atoms with E-state index in [2.05, 4.69) is 139 Å². The monoisotopic (exact) mass is 1070 g/mol. The molecule has 0 unspecified atom stereocenters. The van der Waals surface area contributed by atoms with E-state index < -0.39 is 0 Å². The summed E-state index contributed by atoms with van der Waals surface area (Å²) in [5, 5.41) is 0. The molecule has 0 fully saturated rings. The molecule has 0 spiro atoms. The minimum absolute atomic E-state index is 0.472. The predicted molar refractivity (Wildman–Crippen MR) is 211 cm³/mol. The van der Waals surface area contributed by atoms with Crippen LogP contribution in [-0.4, -0.2) is 52.9 Å². The van der Waals surface area contributed by atoms with Crippen LogP contribution < -0.4 is 18.9 Å². The molecule has 0 amide bonds. The summed E-state index contributed by atoms with van der Waals surface area (Å²) in [5.41, 5.74) is 9.11. The normalized spacial score (nSPS) is 16.6. The van der Waals surface area contributed by atoms with E-state index in [9.17, 15) is 0 Å². The minimum atomic E-state index is 0.472. The molecule has 0 N–H and O–H groups in total. The van der Waals surface area contributed by atoms with Gasteiger partial charge in [0.2, 0.25) is 0 Å². The summed E-state index contributed by atoms with van der Waals surface area (Å²) in [6, 6.07) is 18.0. The Kier molecular flexibility index (Phi) is 11.1. The van der Waals surface area contributed by atoms with E-state index in [1.54, 1.807) is 0 Å². The maximum absolute atomic E-state index is 6.61. The number of halogens is 4. The minimum Gasteiger partial charge on any atom is -0.491 e. The molecule has 0 saturated heterocycles. The third kappa shape index (κ3) is 7.71. The molecule has 0 saturated carbocycles. The summed E-state index contributed by atoms with van der Waals surface area (Å²) in [6.45, 7) is 3.86. The van der Waals surface area contributed by atoms with Crippen LogP contribution in [0.15, 0.2) is 48.5 Å². The van der Waals surface area contributed by atoms with Gasteiger partial charge in [-0.1, -0.05) is 0 Å². The van der Waals surface area contributed by atoms with Gasteiger partial charge in [-0.3, -0.25) is 0 Å². The standard InChI is InChI=1S/C36H32I4O6/c37-29-13-21-9-22-14-30(38)19-27-12-28-20-32(40)16-24-10-23-15-31(39)18-26(35(23)45-7-3-42-4-8-46-36(24)28)11-25(17-29)33(21)43-5-1-41-2-6-44-34(22)27/h13-20H,1-12H2. The zero-order valence-electron chi connectivity index (χ0n) is 25.1. The number of rotatable bonds is 0. The third-order valence-corrected chi connectivity index (χ3v) is 10.7. The molecule has 12 bridgehead atoms. The number of hydrogen-bond donors (Lipinski definition) is 0. The van der Waals surface area contributed by atoms with Gasteiger partial charge in [0.15, 0.2) is 0 Å². The average Bonchev–Trinajstić information content (AvgIpc) is 2.98. The van der Waals surface area contributed by atoms with Gasteiger partial charge in [-0.15, -0.1) is 0 Å². The number of hydrogen-bond acceptors (Lipinski definition) is 6. The summed E-state index contributed by atoms with van der Waals surface area (Å²) < 4.78 is 43.1. The maximum Gasteiger partial charge on any atom is 0.126 e. The van der Waals surface area contributed by atoms with Gasteiger partial charge in [-0.2, -0.15) is 0 Å². The second-order valence-corrected chi connectivity index (χ2v) is 16.5. The van der Waals surface area contributed by atoms with Gasteiger partial charge in [0, 0.05) is 40.0 Å². The van der Waals surface area contributed by atoms with Crippen LogP contribution >= 0.6 is 90.4 Å². The fraction of sp³-hybridized carbons (Fsp3) is 0.333. The highest BCUT2D eigenvalue weighted by atomic mass is 127. The highest BCUT2D eigenvalue weighted by molar-refractivity contribution is 14.1. The van der Waals surface area contributed by atoms with Crippen molar-refractivity contribution in [1.29, 1.82) is 0 Å². The lowest BCUT2D eigenvalue weighted by atomic mass is 9.91. The molecule has 10 heteroatoms. The Hall–Kier alpha value is -1.08. The van der Waals surface area contributed by atoms with E-state index in [1.165, 1.54) is 14.3 Å². The summed E-state index contributed by atoms with van der Waals surface area (Å²) in [6.07, 6.45) is 2.72. The summed E-state index contributed by atoms with van der Waals surface area (Å²) >= 11 is 9.74. The van der Waals surface area contributed by atoms with Crippen LogP contribution in [0.5, 0.6) is 23.0 Å². The van der Waals surface area contributed by atoms with E-state index >= 15 is 0 Å². The molecule has 4 aromatic rings. The highest BCUT2D eigenvalue weighted by Gasteiger charge is 2.24. The Morgan fingerprint density at radius 3 is 0.696 bits per heavy atom. The quantitative estimate of drug-likeness (QED) is 0.146. The Labute approximate surface area is 324 Å². The zero-order chi connectivity index (χ0) is 31.6. The first-order chi connectivity index (χ1) is 22.4. The molecular formula is C36H32I4O6. The molecule has 240 valence electrons. The summed E-state index contributed by atoms with van der Waals surface area (Å²) in [4.78, 5) is 0. The lowest BCUT2D eigenvalue weighted by molar-refractivity contribution is 0.0744. The van der Waals surface area contributed by atoms with Crippen molar-refractivity contribution in [2.75, 3.05) is 52.9 Å². The van der Waals surface area contributed by atoms with Crippen LogP contribution in [0.3, 0.4) is 0 Å². The Morgan fingerprint density at radius 1 is 0.304 bits per heavy atom. The molecule has 4 aromatic carbocycles.